The second kappa shape index (κ2) is 6.47. The van der Waals surface area contributed by atoms with Crippen LogP contribution in [-0.2, 0) is 9.53 Å². The van der Waals surface area contributed by atoms with Gasteiger partial charge in [-0.2, -0.15) is 11.8 Å². The van der Waals surface area contributed by atoms with Crippen LogP contribution in [0.4, 0.5) is 4.79 Å². The van der Waals surface area contributed by atoms with Crippen LogP contribution in [0.2, 0.25) is 0 Å². The number of aliphatic carboxylic acids is 1. The van der Waals surface area contributed by atoms with Gasteiger partial charge in [0.1, 0.15) is 6.04 Å². The van der Waals surface area contributed by atoms with Gasteiger partial charge in [-0.15, -0.1) is 0 Å². The molecule has 1 saturated carbocycles. The van der Waals surface area contributed by atoms with E-state index >= 15 is 0 Å². The molecular weight excluding hydrogens is 268 g/mol. The molecule has 2 amide bonds. The van der Waals surface area contributed by atoms with Crippen LogP contribution in [0.3, 0.4) is 0 Å². The molecule has 7 heteroatoms. The quantitative estimate of drug-likeness (QED) is 0.798. The van der Waals surface area contributed by atoms with Crippen molar-refractivity contribution in [2.24, 2.45) is 0 Å². The molecule has 0 aromatic carbocycles. The summed E-state index contributed by atoms with van der Waals surface area (Å²) < 4.78 is 5.43. The summed E-state index contributed by atoms with van der Waals surface area (Å²) in [6.07, 6.45) is 1.88. The Morgan fingerprint density at radius 1 is 1.47 bits per heavy atom. The van der Waals surface area contributed by atoms with Gasteiger partial charge in [0.15, 0.2) is 0 Å². The van der Waals surface area contributed by atoms with Gasteiger partial charge in [-0.3, -0.25) is 0 Å². The van der Waals surface area contributed by atoms with E-state index in [2.05, 4.69) is 5.32 Å². The average molecular weight is 288 g/mol. The Labute approximate surface area is 116 Å². The molecule has 0 spiro atoms. The fourth-order valence-corrected chi connectivity index (χ4v) is 3.40. The Balaban J connectivity index is 1.80. The van der Waals surface area contributed by atoms with E-state index in [1.165, 1.54) is 4.90 Å². The summed E-state index contributed by atoms with van der Waals surface area (Å²) in [6, 6.07) is -0.845. The van der Waals surface area contributed by atoms with E-state index in [0.717, 1.165) is 18.6 Å². The Hall–Kier alpha value is -0.950. The number of rotatable bonds is 4. The van der Waals surface area contributed by atoms with Crippen LogP contribution in [0.5, 0.6) is 0 Å². The zero-order valence-corrected chi connectivity index (χ0v) is 11.8. The number of urea groups is 1. The van der Waals surface area contributed by atoms with Crippen molar-refractivity contribution in [3.63, 3.8) is 0 Å². The number of carboxylic acid groups (broad SMARTS) is 1. The predicted molar refractivity (Wildman–Crippen MR) is 72.4 cm³/mol. The fourth-order valence-electron chi connectivity index (χ4n) is 2.36. The van der Waals surface area contributed by atoms with Crippen LogP contribution in [0.15, 0.2) is 0 Å². The van der Waals surface area contributed by atoms with Crippen molar-refractivity contribution in [3.8, 4) is 0 Å². The van der Waals surface area contributed by atoms with Crippen molar-refractivity contribution in [1.29, 1.82) is 0 Å². The average Bonchev–Trinajstić information content (AvgIpc) is 2.36. The number of ether oxygens (including phenoxy) is 1. The van der Waals surface area contributed by atoms with Gasteiger partial charge in [-0.25, -0.2) is 9.59 Å². The molecule has 1 unspecified atom stereocenters. The molecule has 1 saturated heterocycles. The van der Waals surface area contributed by atoms with Crippen LogP contribution in [0, 0.1) is 0 Å². The third kappa shape index (κ3) is 3.54. The molecule has 0 aromatic rings. The van der Waals surface area contributed by atoms with E-state index in [-0.39, 0.29) is 18.2 Å². The first kappa shape index (κ1) is 14.5. The number of hydrogen-bond acceptors (Lipinski definition) is 4. The number of thioether (sulfide) groups is 1. The summed E-state index contributed by atoms with van der Waals surface area (Å²) in [6.45, 7) is 3.14. The van der Waals surface area contributed by atoms with Crippen molar-refractivity contribution < 1.29 is 19.4 Å². The molecule has 2 N–H and O–H groups in total. The highest BCUT2D eigenvalue weighted by Gasteiger charge is 2.36. The number of amides is 2. The van der Waals surface area contributed by atoms with Crippen LogP contribution in [0.25, 0.3) is 0 Å². The van der Waals surface area contributed by atoms with Gasteiger partial charge in [0.25, 0.3) is 0 Å². The summed E-state index contributed by atoms with van der Waals surface area (Å²) in [5, 5.41) is 12.0. The van der Waals surface area contributed by atoms with E-state index in [4.69, 9.17) is 9.84 Å². The summed E-state index contributed by atoms with van der Waals surface area (Å²) in [5.41, 5.74) is 0. The van der Waals surface area contributed by atoms with Crippen LogP contribution >= 0.6 is 11.8 Å². The first-order valence-corrected chi connectivity index (χ1v) is 7.76. The molecule has 2 aliphatic rings. The van der Waals surface area contributed by atoms with Gasteiger partial charge in [0, 0.05) is 30.7 Å². The monoisotopic (exact) mass is 288 g/mol. The lowest BCUT2D eigenvalue weighted by Gasteiger charge is -2.38. The number of nitrogens with zero attached hydrogens (tertiary/aromatic N) is 1. The van der Waals surface area contributed by atoms with Crippen molar-refractivity contribution in [1.82, 2.24) is 10.2 Å². The van der Waals surface area contributed by atoms with E-state index in [1.54, 1.807) is 11.8 Å². The lowest BCUT2D eigenvalue weighted by molar-refractivity contribution is -0.141. The maximum Gasteiger partial charge on any atom is 0.327 e. The van der Waals surface area contributed by atoms with Gasteiger partial charge in [0.05, 0.1) is 6.10 Å². The summed E-state index contributed by atoms with van der Waals surface area (Å²) in [4.78, 5) is 24.6. The molecule has 2 fully saturated rings. The number of nitrogens with one attached hydrogen (secondary N) is 1. The van der Waals surface area contributed by atoms with Crippen LogP contribution in [-0.4, -0.2) is 64.9 Å². The Morgan fingerprint density at radius 3 is 2.84 bits per heavy atom. The highest BCUT2D eigenvalue weighted by molar-refractivity contribution is 7.99. The Kier molecular flexibility index (Phi) is 4.93. The molecule has 1 heterocycles. The number of carbonyl (C=O) groups excluding carboxylic acids is 1. The van der Waals surface area contributed by atoms with Crippen molar-refractivity contribution in [2.45, 2.75) is 38.0 Å². The molecule has 19 heavy (non-hydrogen) atoms. The third-order valence-electron chi connectivity index (χ3n) is 3.50. The molecule has 1 atom stereocenters. The highest BCUT2D eigenvalue weighted by atomic mass is 32.2. The van der Waals surface area contributed by atoms with Gasteiger partial charge in [-0.05, 0) is 19.8 Å². The Morgan fingerprint density at radius 2 is 2.21 bits per heavy atom. The number of hydrogen-bond donors (Lipinski definition) is 2. The SMILES string of the molecule is CCOC1CC(NC(=O)N2CCSCC2C(=O)O)C1. The fraction of sp³-hybridized carbons (Fsp3) is 0.833. The van der Waals surface area contributed by atoms with Crippen molar-refractivity contribution >= 4 is 23.8 Å². The normalized spacial score (nSPS) is 30.6. The zero-order valence-electron chi connectivity index (χ0n) is 11.0. The topological polar surface area (TPSA) is 78.9 Å². The van der Waals surface area contributed by atoms with E-state index in [9.17, 15) is 9.59 Å². The maximum absolute atomic E-state index is 12.1. The minimum absolute atomic E-state index is 0.119. The standard InChI is InChI=1S/C12H20N2O4S/c1-2-18-9-5-8(6-9)13-12(17)14-3-4-19-7-10(14)11(15)16/h8-10H,2-7H2,1H3,(H,13,17)(H,15,16). The largest absolute Gasteiger partial charge is 0.480 e. The van der Waals surface area contributed by atoms with Gasteiger partial charge in [0.2, 0.25) is 0 Å². The molecule has 6 nitrogen and oxygen atoms in total. The molecule has 108 valence electrons. The van der Waals surface area contributed by atoms with Crippen molar-refractivity contribution in [2.75, 3.05) is 24.7 Å². The smallest absolute Gasteiger partial charge is 0.327 e. The molecule has 0 radical (unpaired) electrons. The molecule has 2 rings (SSSR count). The molecular formula is C12H20N2O4S. The summed E-state index contributed by atoms with van der Waals surface area (Å²) >= 11 is 1.58. The molecule has 0 aromatic heterocycles. The first-order valence-electron chi connectivity index (χ1n) is 6.61. The summed E-state index contributed by atoms with van der Waals surface area (Å²) in [5.74, 6) is 0.335. The maximum atomic E-state index is 12.1. The Bertz CT molecular complexity index is 347. The van der Waals surface area contributed by atoms with Crippen LogP contribution in [0.1, 0.15) is 19.8 Å². The second-order valence-electron chi connectivity index (χ2n) is 4.82. The number of carboxylic acids is 1. The predicted octanol–water partition coefficient (Wildman–Crippen LogP) is 0.765. The molecule has 1 aliphatic carbocycles. The van der Waals surface area contributed by atoms with E-state index in [1.807, 2.05) is 6.92 Å². The highest BCUT2D eigenvalue weighted by Crippen LogP contribution is 2.24. The summed E-state index contributed by atoms with van der Waals surface area (Å²) in [7, 11) is 0. The third-order valence-corrected chi connectivity index (χ3v) is 4.52. The zero-order chi connectivity index (χ0) is 13.8. The lowest BCUT2D eigenvalue weighted by atomic mass is 9.89. The second-order valence-corrected chi connectivity index (χ2v) is 5.97. The minimum Gasteiger partial charge on any atom is -0.480 e. The van der Waals surface area contributed by atoms with E-state index < -0.39 is 12.0 Å². The van der Waals surface area contributed by atoms with Gasteiger partial charge < -0.3 is 20.1 Å². The van der Waals surface area contributed by atoms with E-state index in [0.29, 0.717) is 18.9 Å². The van der Waals surface area contributed by atoms with Crippen LogP contribution < -0.4 is 5.32 Å². The van der Waals surface area contributed by atoms with Gasteiger partial charge >= 0.3 is 12.0 Å². The first-order chi connectivity index (χ1) is 9.11. The lowest BCUT2D eigenvalue weighted by Crippen LogP contribution is -2.58. The minimum atomic E-state index is -0.928. The number of carbonyl (C=O) groups is 2. The molecule has 0 bridgehead atoms. The van der Waals surface area contributed by atoms with Crippen molar-refractivity contribution in [3.05, 3.63) is 0 Å². The molecule has 1 aliphatic heterocycles. The van der Waals surface area contributed by atoms with Gasteiger partial charge in [-0.1, -0.05) is 0 Å².